The van der Waals surface area contributed by atoms with Gasteiger partial charge >= 0.3 is 0 Å². The molecule has 82 valence electrons. The van der Waals surface area contributed by atoms with Crippen LogP contribution in [0.1, 0.15) is 48.8 Å². The van der Waals surface area contributed by atoms with E-state index in [0.29, 0.717) is 5.92 Å². The first-order chi connectivity index (χ1) is 7.16. The lowest BCUT2D eigenvalue weighted by atomic mass is 9.99. The normalized spacial score (nSPS) is 16.8. The molecule has 0 spiro atoms. The van der Waals surface area contributed by atoms with E-state index in [1.165, 1.54) is 36.0 Å². The molecule has 1 aromatic rings. The zero-order chi connectivity index (χ0) is 10.8. The van der Waals surface area contributed by atoms with E-state index in [1.807, 2.05) is 0 Å². The maximum atomic E-state index is 6.40. The minimum Gasteiger partial charge on any atom is -0.118 e. The summed E-state index contributed by atoms with van der Waals surface area (Å²) in [5.41, 5.74) is 4.38. The zero-order valence-electron chi connectivity index (χ0n) is 9.59. The number of alkyl halides is 1. The van der Waals surface area contributed by atoms with Crippen molar-refractivity contribution in [1.29, 1.82) is 0 Å². The van der Waals surface area contributed by atoms with Crippen LogP contribution in [0.15, 0.2) is 18.2 Å². The fraction of sp³-hybridized carbons (Fsp3) is 0.571. The first-order valence-electron chi connectivity index (χ1n) is 5.92. The Bertz CT molecular complexity index is 341. The average Bonchev–Trinajstić information content (AvgIpc) is 2.62. The third-order valence-electron chi connectivity index (χ3n) is 3.16. The largest absolute Gasteiger partial charge is 0.118 e. The molecule has 1 atom stereocenters. The Hall–Kier alpha value is -0.490. The van der Waals surface area contributed by atoms with Gasteiger partial charge in [0.1, 0.15) is 0 Å². The molecule has 0 fully saturated rings. The lowest BCUT2D eigenvalue weighted by Crippen LogP contribution is -1.97. The van der Waals surface area contributed by atoms with Gasteiger partial charge in [-0.2, -0.15) is 0 Å². The van der Waals surface area contributed by atoms with E-state index in [4.69, 9.17) is 11.6 Å². The lowest BCUT2D eigenvalue weighted by molar-refractivity contribution is 0.575. The highest BCUT2D eigenvalue weighted by Gasteiger charge is 2.15. The lowest BCUT2D eigenvalue weighted by Gasteiger charge is -2.13. The molecule has 1 aliphatic carbocycles. The quantitative estimate of drug-likeness (QED) is 0.661. The van der Waals surface area contributed by atoms with Crippen LogP contribution in [0.25, 0.3) is 0 Å². The standard InChI is InChI=1S/C14H19Cl/c1-10(2)8-14(15)13-7-6-11-4-3-5-12(11)9-13/h6-7,9-10,14H,3-5,8H2,1-2H3. The molecular weight excluding hydrogens is 204 g/mol. The third kappa shape index (κ3) is 2.55. The molecule has 0 N–H and O–H groups in total. The van der Waals surface area contributed by atoms with Crippen LogP contribution in [0.5, 0.6) is 0 Å². The molecule has 1 heteroatoms. The van der Waals surface area contributed by atoms with E-state index in [9.17, 15) is 0 Å². The first kappa shape index (κ1) is 11.0. The van der Waals surface area contributed by atoms with Crippen LogP contribution in [0.2, 0.25) is 0 Å². The number of rotatable bonds is 3. The Balaban J connectivity index is 2.15. The van der Waals surface area contributed by atoms with Gasteiger partial charge in [-0.25, -0.2) is 0 Å². The number of halogens is 1. The van der Waals surface area contributed by atoms with Crippen LogP contribution in [0.3, 0.4) is 0 Å². The Morgan fingerprint density at radius 1 is 1.20 bits per heavy atom. The SMILES string of the molecule is CC(C)CC(Cl)c1ccc2c(c1)CCC2. The van der Waals surface area contributed by atoms with E-state index >= 15 is 0 Å². The molecule has 0 aromatic heterocycles. The van der Waals surface area contributed by atoms with E-state index < -0.39 is 0 Å². The van der Waals surface area contributed by atoms with Gasteiger partial charge in [0.2, 0.25) is 0 Å². The molecule has 0 bridgehead atoms. The summed E-state index contributed by atoms with van der Waals surface area (Å²) < 4.78 is 0. The monoisotopic (exact) mass is 222 g/mol. The van der Waals surface area contributed by atoms with Crippen molar-refractivity contribution in [1.82, 2.24) is 0 Å². The zero-order valence-corrected chi connectivity index (χ0v) is 10.3. The van der Waals surface area contributed by atoms with Gasteiger partial charge in [-0.3, -0.25) is 0 Å². The molecule has 0 saturated carbocycles. The highest BCUT2D eigenvalue weighted by molar-refractivity contribution is 6.20. The van der Waals surface area contributed by atoms with E-state index in [1.54, 1.807) is 0 Å². The van der Waals surface area contributed by atoms with E-state index in [-0.39, 0.29) is 5.38 Å². The second-order valence-corrected chi connectivity index (χ2v) is 5.51. The van der Waals surface area contributed by atoms with E-state index in [0.717, 1.165) is 6.42 Å². The van der Waals surface area contributed by atoms with Crippen molar-refractivity contribution < 1.29 is 0 Å². The second-order valence-electron chi connectivity index (χ2n) is 4.98. The summed E-state index contributed by atoms with van der Waals surface area (Å²) in [4.78, 5) is 0. The van der Waals surface area contributed by atoms with E-state index in [2.05, 4.69) is 32.0 Å². The van der Waals surface area contributed by atoms with Gasteiger partial charge in [0, 0.05) is 0 Å². The van der Waals surface area contributed by atoms with Crippen LogP contribution in [-0.2, 0) is 12.8 Å². The average molecular weight is 223 g/mol. The van der Waals surface area contributed by atoms with Gasteiger partial charge in [0.25, 0.3) is 0 Å². The van der Waals surface area contributed by atoms with Gasteiger partial charge in [0.15, 0.2) is 0 Å². The number of aryl methyl sites for hydroxylation is 2. The molecule has 0 nitrogen and oxygen atoms in total. The molecule has 15 heavy (non-hydrogen) atoms. The summed E-state index contributed by atoms with van der Waals surface area (Å²) in [7, 11) is 0. The number of hydrogen-bond acceptors (Lipinski definition) is 0. The first-order valence-corrected chi connectivity index (χ1v) is 6.36. The number of benzene rings is 1. The summed E-state index contributed by atoms with van der Waals surface area (Å²) in [6.45, 7) is 4.45. The summed E-state index contributed by atoms with van der Waals surface area (Å²) in [5, 5.41) is 0.191. The predicted molar refractivity (Wildman–Crippen MR) is 66.5 cm³/mol. The number of fused-ring (bicyclic) bond motifs is 1. The maximum absolute atomic E-state index is 6.40. The molecule has 1 unspecified atom stereocenters. The smallest absolute Gasteiger partial charge is 0.0587 e. The molecular formula is C14H19Cl. The van der Waals surface area contributed by atoms with Crippen LogP contribution in [0.4, 0.5) is 0 Å². The number of hydrogen-bond donors (Lipinski definition) is 0. The van der Waals surface area contributed by atoms with Gasteiger partial charge in [-0.05, 0) is 48.3 Å². The van der Waals surface area contributed by atoms with Gasteiger partial charge in [0.05, 0.1) is 5.38 Å². The highest BCUT2D eigenvalue weighted by Crippen LogP contribution is 2.31. The molecule has 0 radical (unpaired) electrons. The minimum atomic E-state index is 0.191. The summed E-state index contributed by atoms with van der Waals surface area (Å²) in [6.07, 6.45) is 4.89. The summed E-state index contributed by atoms with van der Waals surface area (Å²) in [5.74, 6) is 0.667. The molecule has 0 aliphatic heterocycles. The molecule has 0 saturated heterocycles. The van der Waals surface area contributed by atoms with Crippen LogP contribution >= 0.6 is 11.6 Å². The molecule has 1 aliphatic rings. The van der Waals surface area contributed by atoms with Crippen molar-refractivity contribution in [3.05, 3.63) is 34.9 Å². The molecule has 0 heterocycles. The second kappa shape index (κ2) is 4.57. The molecule has 1 aromatic carbocycles. The van der Waals surface area contributed by atoms with Crippen LogP contribution in [-0.4, -0.2) is 0 Å². The summed E-state index contributed by atoms with van der Waals surface area (Å²) in [6, 6.07) is 6.81. The maximum Gasteiger partial charge on any atom is 0.0587 e. The van der Waals surface area contributed by atoms with Crippen LogP contribution in [0, 0.1) is 5.92 Å². The van der Waals surface area contributed by atoms with Crippen molar-refractivity contribution in [2.24, 2.45) is 5.92 Å². The van der Waals surface area contributed by atoms with Crippen molar-refractivity contribution in [3.8, 4) is 0 Å². The minimum absolute atomic E-state index is 0.191. The van der Waals surface area contributed by atoms with Crippen molar-refractivity contribution >= 4 is 11.6 Å². The Morgan fingerprint density at radius 3 is 2.67 bits per heavy atom. The molecule has 2 rings (SSSR count). The predicted octanol–water partition coefficient (Wildman–Crippen LogP) is 4.50. The van der Waals surface area contributed by atoms with Crippen molar-refractivity contribution in [2.75, 3.05) is 0 Å². The Labute approximate surface area is 97.6 Å². The Morgan fingerprint density at radius 2 is 1.93 bits per heavy atom. The molecule has 0 amide bonds. The van der Waals surface area contributed by atoms with Crippen LogP contribution < -0.4 is 0 Å². The van der Waals surface area contributed by atoms with Gasteiger partial charge < -0.3 is 0 Å². The van der Waals surface area contributed by atoms with Gasteiger partial charge in [-0.1, -0.05) is 32.0 Å². The van der Waals surface area contributed by atoms with Crippen molar-refractivity contribution in [2.45, 2.75) is 44.9 Å². The topological polar surface area (TPSA) is 0 Å². The fourth-order valence-corrected chi connectivity index (χ4v) is 2.83. The highest BCUT2D eigenvalue weighted by atomic mass is 35.5. The third-order valence-corrected chi connectivity index (χ3v) is 3.59. The fourth-order valence-electron chi connectivity index (χ4n) is 2.34. The van der Waals surface area contributed by atoms with Gasteiger partial charge in [-0.15, -0.1) is 11.6 Å². The Kier molecular flexibility index (Phi) is 3.35. The summed E-state index contributed by atoms with van der Waals surface area (Å²) >= 11 is 6.40. The van der Waals surface area contributed by atoms with Crippen molar-refractivity contribution in [3.63, 3.8) is 0 Å².